The van der Waals surface area contributed by atoms with Gasteiger partial charge in [0, 0.05) is 18.8 Å². The van der Waals surface area contributed by atoms with Crippen LogP contribution >= 0.6 is 0 Å². The zero-order valence-corrected chi connectivity index (χ0v) is 12.7. The van der Waals surface area contributed by atoms with Crippen molar-refractivity contribution in [3.05, 3.63) is 41.0 Å². The fourth-order valence-electron chi connectivity index (χ4n) is 1.98. The number of nitrogens with one attached hydrogen (secondary N) is 1. The van der Waals surface area contributed by atoms with E-state index in [1.54, 1.807) is 14.0 Å². The summed E-state index contributed by atoms with van der Waals surface area (Å²) < 4.78 is 42.3. The number of rotatable bonds is 4. The first kappa shape index (κ1) is 15.5. The number of aryl methyl sites for hydroxylation is 3. The molecule has 0 spiro atoms. The van der Waals surface area contributed by atoms with Crippen LogP contribution in [0.2, 0.25) is 0 Å². The zero-order chi connectivity index (χ0) is 15.8. The predicted octanol–water partition coefficient (Wildman–Crippen LogP) is 1.47. The minimum atomic E-state index is -3.88. The molecule has 6 nitrogen and oxygen atoms in total. The van der Waals surface area contributed by atoms with Gasteiger partial charge in [0.1, 0.15) is 5.82 Å². The van der Waals surface area contributed by atoms with E-state index < -0.39 is 22.4 Å². The molecule has 0 unspecified atom stereocenters. The van der Waals surface area contributed by atoms with Crippen molar-refractivity contribution < 1.29 is 17.9 Å². The minimum Gasteiger partial charge on any atom is -0.392 e. The monoisotopic (exact) mass is 313 g/mol. The average molecular weight is 313 g/mol. The molecule has 21 heavy (non-hydrogen) atoms. The van der Waals surface area contributed by atoms with Crippen LogP contribution in [-0.2, 0) is 23.7 Å². The van der Waals surface area contributed by atoms with E-state index >= 15 is 0 Å². The molecule has 0 saturated heterocycles. The van der Waals surface area contributed by atoms with Crippen molar-refractivity contribution in [3.63, 3.8) is 0 Å². The maximum Gasteiger partial charge on any atom is 0.262 e. The molecule has 1 aromatic heterocycles. The molecule has 8 heteroatoms. The molecular weight excluding hydrogens is 297 g/mol. The third-order valence-corrected chi connectivity index (χ3v) is 4.39. The van der Waals surface area contributed by atoms with E-state index in [9.17, 15) is 12.8 Å². The highest BCUT2D eigenvalue weighted by molar-refractivity contribution is 7.92. The number of halogens is 1. The molecule has 114 valence electrons. The highest BCUT2D eigenvalue weighted by Gasteiger charge is 2.19. The molecule has 2 rings (SSSR count). The van der Waals surface area contributed by atoms with Crippen molar-refractivity contribution in [2.75, 3.05) is 4.72 Å². The summed E-state index contributed by atoms with van der Waals surface area (Å²) in [5.74, 6) is -0.603. The van der Waals surface area contributed by atoms with Gasteiger partial charge in [-0.25, -0.2) is 12.8 Å². The molecule has 0 fully saturated rings. The molecule has 0 bridgehead atoms. The predicted molar refractivity (Wildman–Crippen MR) is 75.8 cm³/mol. The molecule has 1 aromatic carbocycles. The third-order valence-electron chi connectivity index (χ3n) is 3.04. The molecule has 0 aliphatic heterocycles. The number of nitrogens with zero attached hydrogens (tertiary/aromatic N) is 2. The number of sulfonamides is 1. The maximum absolute atomic E-state index is 13.7. The van der Waals surface area contributed by atoms with E-state index in [0.717, 1.165) is 6.07 Å². The van der Waals surface area contributed by atoms with Gasteiger partial charge in [0.05, 0.1) is 22.9 Å². The van der Waals surface area contributed by atoms with Gasteiger partial charge < -0.3 is 5.11 Å². The van der Waals surface area contributed by atoms with Gasteiger partial charge in [0.25, 0.3) is 10.0 Å². The first-order chi connectivity index (χ1) is 9.74. The standard InChI is InChI=1S/C13H16FN3O3S/c1-8-4-11(5-10(7-18)13(8)14)21(19,20)16-12-6-17(3)15-9(12)2/h4-6,16,18H,7H2,1-3H3. The van der Waals surface area contributed by atoms with Crippen LogP contribution in [0.4, 0.5) is 10.1 Å². The summed E-state index contributed by atoms with van der Waals surface area (Å²) in [5.41, 5.74) is 0.982. The first-order valence-electron chi connectivity index (χ1n) is 6.17. The lowest BCUT2D eigenvalue weighted by molar-refractivity contribution is 0.275. The Balaban J connectivity index is 2.45. The van der Waals surface area contributed by atoms with Crippen LogP contribution in [0.15, 0.2) is 23.2 Å². The molecule has 0 atom stereocenters. The molecule has 0 aliphatic carbocycles. The van der Waals surface area contributed by atoms with Crippen molar-refractivity contribution in [1.82, 2.24) is 9.78 Å². The van der Waals surface area contributed by atoms with Gasteiger partial charge in [-0.05, 0) is 31.5 Å². The highest BCUT2D eigenvalue weighted by Crippen LogP contribution is 2.22. The molecule has 0 saturated carbocycles. The number of hydrogen-bond donors (Lipinski definition) is 2. The van der Waals surface area contributed by atoms with Gasteiger partial charge in [-0.1, -0.05) is 0 Å². The number of aromatic nitrogens is 2. The second-order valence-electron chi connectivity index (χ2n) is 4.78. The van der Waals surface area contributed by atoms with Crippen LogP contribution in [0.1, 0.15) is 16.8 Å². The molecular formula is C13H16FN3O3S. The molecule has 0 amide bonds. The van der Waals surface area contributed by atoms with Crippen LogP contribution < -0.4 is 4.72 Å². The van der Waals surface area contributed by atoms with Crippen LogP contribution in [0.25, 0.3) is 0 Å². The zero-order valence-electron chi connectivity index (χ0n) is 11.9. The Morgan fingerprint density at radius 1 is 1.38 bits per heavy atom. The summed E-state index contributed by atoms with van der Waals surface area (Å²) in [4.78, 5) is -0.103. The lowest BCUT2D eigenvalue weighted by atomic mass is 10.1. The van der Waals surface area contributed by atoms with Crippen LogP contribution in [-0.4, -0.2) is 23.3 Å². The number of anilines is 1. The number of aliphatic hydroxyl groups excluding tert-OH is 1. The summed E-state index contributed by atoms with van der Waals surface area (Å²) in [7, 11) is -2.20. The second-order valence-corrected chi connectivity index (χ2v) is 6.46. The van der Waals surface area contributed by atoms with Crippen molar-refractivity contribution >= 4 is 15.7 Å². The van der Waals surface area contributed by atoms with Gasteiger partial charge in [-0.2, -0.15) is 5.10 Å². The molecule has 0 radical (unpaired) electrons. The van der Waals surface area contributed by atoms with E-state index in [2.05, 4.69) is 9.82 Å². The highest BCUT2D eigenvalue weighted by atomic mass is 32.2. The van der Waals surface area contributed by atoms with Gasteiger partial charge in [0.2, 0.25) is 0 Å². The largest absolute Gasteiger partial charge is 0.392 e. The average Bonchev–Trinajstić information content (AvgIpc) is 2.70. The topological polar surface area (TPSA) is 84.2 Å². The number of hydrogen-bond acceptors (Lipinski definition) is 4. The van der Waals surface area contributed by atoms with E-state index in [4.69, 9.17) is 5.11 Å². The quantitative estimate of drug-likeness (QED) is 0.895. The summed E-state index contributed by atoms with van der Waals surface area (Å²) in [6.45, 7) is 2.55. The van der Waals surface area contributed by atoms with E-state index in [1.807, 2.05) is 0 Å². The minimum absolute atomic E-state index is 0.0571. The fourth-order valence-corrected chi connectivity index (χ4v) is 3.22. The molecule has 2 N–H and O–H groups in total. The smallest absolute Gasteiger partial charge is 0.262 e. The Morgan fingerprint density at radius 3 is 2.57 bits per heavy atom. The van der Waals surface area contributed by atoms with Crippen molar-refractivity contribution in [2.24, 2.45) is 7.05 Å². The number of benzene rings is 1. The number of aliphatic hydroxyl groups is 1. The SMILES string of the molecule is Cc1cc(S(=O)(=O)Nc2cn(C)nc2C)cc(CO)c1F. The lowest BCUT2D eigenvalue weighted by Crippen LogP contribution is -2.14. The normalized spacial score (nSPS) is 11.7. The van der Waals surface area contributed by atoms with E-state index in [-0.39, 0.29) is 16.0 Å². The Kier molecular flexibility index (Phi) is 4.02. The Bertz CT molecular complexity index is 784. The van der Waals surface area contributed by atoms with Gasteiger partial charge in [-0.3, -0.25) is 9.40 Å². The lowest BCUT2D eigenvalue weighted by Gasteiger charge is -2.10. The Labute approximate surface area is 122 Å². The van der Waals surface area contributed by atoms with E-state index in [1.165, 1.54) is 23.9 Å². The first-order valence-corrected chi connectivity index (χ1v) is 7.66. The molecule has 2 aromatic rings. The van der Waals surface area contributed by atoms with Gasteiger partial charge >= 0.3 is 0 Å². The Hall–Kier alpha value is -1.93. The molecule has 0 aliphatic rings. The van der Waals surface area contributed by atoms with Crippen LogP contribution in [0.3, 0.4) is 0 Å². The molecule has 1 heterocycles. The van der Waals surface area contributed by atoms with Gasteiger partial charge in [0.15, 0.2) is 0 Å². The van der Waals surface area contributed by atoms with Gasteiger partial charge in [-0.15, -0.1) is 0 Å². The third kappa shape index (κ3) is 3.06. The fraction of sp³-hybridized carbons (Fsp3) is 0.308. The summed E-state index contributed by atoms with van der Waals surface area (Å²) in [6.07, 6.45) is 1.54. The van der Waals surface area contributed by atoms with E-state index in [0.29, 0.717) is 11.4 Å². The summed E-state index contributed by atoms with van der Waals surface area (Å²) >= 11 is 0. The maximum atomic E-state index is 13.7. The van der Waals surface area contributed by atoms with Crippen molar-refractivity contribution in [1.29, 1.82) is 0 Å². The van der Waals surface area contributed by atoms with Crippen LogP contribution in [0, 0.1) is 19.7 Å². The van der Waals surface area contributed by atoms with Crippen molar-refractivity contribution in [3.8, 4) is 0 Å². The summed E-state index contributed by atoms with van der Waals surface area (Å²) in [5, 5.41) is 13.1. The summed E-state index contributed by atoms with van der Waals surface area (Å²) in [6, 6.07) is 2.35. The Morgan fingerprint density at radius 2 is 2.05 bits per heavy atom. The van der Waals surface area contributed by atoms with Crippen LogP contribution in [0.5, 0.6) is 0 Å². The van der Waals surface area contributed by atoms with Crippen molar-refractivity contribution in [2.45, 2.75) is 25.3 Å². The second kappa shape index (κ2) is 5.45.